The second kappa shape index (κ2) is 9.25. The van der Waals surface area contributed by atoms with Crippen molar-refractivity contribution in [3.05, 3.63) is 63.8 Å². The van der Waals surface area contributed by atoms with Crippen molar-refractivity contribution in [1.82, 2.24) is 14.6 Å². The van der Waals surface area contributed by atoms with Gasteiger partial charge < -0.3 is 9.80 Å². The molecule has 1 fully saturated rings. The summed E-state index contributed by atoms with van der Waals surface area (Å²) in [4.78, 5) is 22.4. The molecule has 3 heterocycles. The topological polar surface area (TPSA) is 82.6 Å². The minimum atomic E-state index is -3.60. The van der Waals surface area contributed by atoms with E-state index < -0.39 is 10.0 Å². The van der Waals surface area contributed by atoms with E-state index in [1.54, 1.807) is 45.9 Å². The van der Waals surface area contributed by atoms with Gasteiger partial charge in [-0.2, -0.15) is 0 Å². The summed E-state index contributed by atoms with van der Waals surface area (Å²) < 4.78 is 27.6. The van der Waals surface area contributed by atoms with Crippen LogP contribution in [0.4, 0.5) is 5.13 Å². The van der Waals surface area contributed by atoms with Crippen LogP contribution < -0.4 is 9.62 Å². The molecule has 158 valence electrons. The summed E-state index contributed by atoms with van der Waals surface area (Å²) >= 11 is 3.20. The summed E-state index contributed by atoms with van der Waals surface area (Å²) in [6, 6.07) is 10.1. The highest BCUT2D eigenvalue weighted by Gasteiger charge is 2.23. The van der Waals surface area contributed by atoms with Crippen molar-refractivity contribution in [1.29, 1.82) is 0 Å². The number of piperazine rings is 1. The quantitative estimate of drug-likeness (QED) is 0.584. The predicted molar refractivity (Wildman–Crippen MR) is 120 cm³/mol. The average molecular weight is 463 g/mol. The van der Waals surface area contributed by atoms with Crippen molar-refractivity contribution < 1.29 is 13.2 Å². The first-order valence-electron chi connectivity index (χ1n) is 9.59. The highest BCUT2D eigenvalue weighted by molar-refractivity contribution is 7.89. The second-order valence-corrected chi connectivity index (χ2v) is 10.5. The SMILES string of the molecule is O=C(c1ccc(S(=O)(=O)NCCc2cccs2)cc1)N1CCN(c2nccs2)CC1. The van der Waals surface area contributed by atoms with E-state index in [2.05, 4.69) is 14.6 Å². The molecule has 1 aliphatic heterocycles. The number of thiazole rings is 1. The molecule has 0 saturated carbocycles. The van der Waals surface area contributed by atoms with E-state index in [1.807, 2.05) is 22.9 Å². The maximum absolute atomic E-state index is 12.8. The minimum absolute atomic E-state index is 0.0802. The Hall–Kier alpha value is -2.27. The summed E-state index contributed by atoms with van der Waals surface area (Å²) in [5.74, 6) is -0.0802. The molecular weight excluding hydrogens is 440 g/mol. The number of carbonyl (C=O) groups excluding carboxylic acids is 1. The van der Waals surface area contributed by atoms with Gasteiger partial charge in [-0.1, -0.05) is 6.07 Å². The number of anilines is 1. The van der Waals surface area contributed by atoms with E-state index in [0.29, 0.717) is 31.6 Å². The van der Waals surface area contributed by atoms with Gasteiger partial charge >= 0.3 is 0 Å². The Morgan fingerprint density at radius 2 is 1.80 bits per heavy atom. The maximum Gasteiger partial charge on any atom is 0.253 e. The zero-order valence-corrected chi connectivity index (χ0v) is 18.7. The Labute approximate surface area is 184 Å². The number of hydrogen-bond donors (Lipinski definition) is 1. The number of amides is 1. The summed E-state index contributed by atoms with van der Waals surface area (Å²) in [7, 11) is -3.60. The van der Waals surface area contributed by atoms with Crippen molar-refractivity contribution in [2.75, 3.05) is 37.6 Å². The lowest BCUT2D eigenvalue weighted by atomic mass is 10.2. The molecule has 0 spiro atoms. The predicted octanol–water partition coefficient (Wildman–Crippen LogP) is 2.69. The van der Waals surface area contributed by atoms with Crippen LogP contribution in [-0.2, 0) is 16.4 Å². The van der Waals surface area contributed by atoms with E-state index in [9.17, 15) is 13.2 Å². The van der Waals surface area contributed by atoms with Crippen molar-refractivity contribution in [2.45, 2.75) is 11.3 Å². The Morgan fingerprint density at radius 1 is 1.03 bits per heavy atom. The van der Waals surface area contributed by atoms with E-state index in [0.717, 1.165) is 23.1 Å². The number of nitrogens with zero attached hydrogens (tertiary/aromatic N) is 3. The molecular formula is C20H22N4O3S3. The number of rotatable bonds is 7. The summed E-state index contributed by atoms with van der Waals surface area (Å²) in [6.45, 7) is 3.04. The first-order valence-corrected chi connectivity index (χ1v) is 12.8. The van der Waals surface area contributed by atoms with Crippen molar-refractivity contribution in [2.24, 2.45) is 0 Å². The van der Waals surface area contributed by atoms with Crippen LogP contribution in [0.3, 0.4) is 0 Å². The fourth-order valence-electron chi connectivity index (χ4n) is 3.28. The molecule has 1 N–H and O–H groups in total. The van der Waals surface area contributed by atoms with Gasteiger partial charge in [-0.25, -0.2) is 18.1 Å². The number of aromatic nitrogens is 1. The van der Waals surface area contributed by atoms with E-state index in [4.69, 9.17) is 0 Å². The van der Waals surface area contributed by atoms with Crippen molar-refractivity contribution in [3.63, 3.8) is 0 Å². The largest absolute Gasteiger partial charge is 0.345 e. The molecule has 30 heavy (non-hydrogen) atoms. The number of sulfonamides is 1. The molecule has 4 rings (SSSR count). The third kappa shape index (κ3) is 4.89. The molecule has 1 aromatic carbocycles. The van der Waals surface area contributed by atoms with Crippen LogP contribution in [0, 0.1) is 0 Å². The molecule has 10 heteroatoms. The van der Waals surface area contributed by atoms with Gasteiger partial charge in [-0.05, 0) is 42.1 Å². The Morgan fingerprint density at radius 3 is 2.43 bits per heavy atom. The van der Waals surface area contributed by atoms with Gasteiger partial charge in [-0.3, -0.25) is 4.79 Å². The average Bonchev–Trinajstić information content (AvgIpc) is 3.48. The van der Waals surface area contributed by atoms with Crippen molar-refractivity contribution >= 4 is 43.7 Å². The maximum atomic E-state index is 12.8. The summed E-state index contributed by atoms with van der Waals surface area (Å²) in [5, 5.41) is 4.89. The highest BCUT2D eigenvalue weighted by atomic mass is 32.2. The van der Waals surface area contributed by atoms with E-state index in [-0.39, 0.29) is 10.8 Å². The highest BCUT2D eigenvalue weighted by Crippen LogP contribution is 2.20. The standard InChI is InChI=1S/C20H22N4O3S3/c25-19(23-10-12-24(13-11-23)20-21-9-15-29-20)16-3-5-18(6-4-16)30(26,27)22-8-7-17-2-1-14-28-17/h1-6,9,14-15,22H,7-8,10-13H2. The third-order valence-corrected chi connectivity index (χ3v) is 8.16. The summed E-state index contributed by atoms with van der Waals surface area (Å²) in [6.07, 6.45) is 2.44. The van der Waals surface area contributed by atoms with Crippen LogP contribution in [0.1, 0.15) is 15.2 Å². The van der Waals surface area contributed by atoms with Crippen LogP contribution in [0.2, 0.25) is 0 Å². The number of nitrogens with one attached hydrogen (secondary N) is 1. The number of hydrogen-bond acceptors (Lipinski definition) is 7. The Bertz CT molecular complexity index is 1060. The van der Waals surface area contributed by atoms with Crippen LogP contribution >= 0.6 is 22.7 Å². The zero-order chi connectivity index (χ0) is 21.0. The van der Waals surface area contributed by atoms with Gasteiger partial charge in [0, 0.05) is 54.7 Å². The molecule has 0 radical (unpaired) electrons. The smallest absolute Gasteiger partial charge is 0.253 e. The van der Waals surface area contributed by atoms with E-state index >= 15 is 0 Å². The van der Waals surface area contributed by atoms with Crippen LogP contribution in [0.15, 0.2) is 58.3 Å². The molecule has 7 nitrogen and oxygen atoms in total. The van der Waals surface area contributed by atoms with Gasteiger partial charge in [0.15, 0.2) is 5.13 Å². The van der Waals surface area contributed by atoms with Crippen LogP contribution in [0.25, 0.3) is 0 Å². The lowest BCUT2D eigenvalue weighted by Crippen LogP contribution is -2.48. The van der Waals surface area contributed by atoms with Crippen LogP contribution in [-0.4, -0.2) is 56.9 Å². The third-order valence-electron chi connectivity index (χ3n) is 4.91. The molecule has 1 saturated heterocycles. The Kier molecular flexibility index (Phi) is 6.47. The molecule has 1 amide bonds. The number of carbonyl (C=O) groups is 1. The van der Waals surface area contributed by atoms with Gasteiger partial charge in [0.25, 0.3) is 5.91 Å². The number of thiophene rings is 1. The first kappa shape index (κ1) is 21.0. The molecule has 3 aromatic rings. The van der Waals surface area contributed by atoms with Crippen molar-refractivity contribution in [3.8, 4) is 0 Å². The molecule has 2 aromatic heterocycles. The second-order valence-electron chi connectivity index (χ2n) is 6.85. The fourth-order valence-corrected chi connectivity index (χ4v) is 5.72. The summed E-state index contributed by atoms with van der Waals surface area (Å²) in [5.41, 5.74) is 0.496. The van der Waals surface area contributed by atoms with Gasteiger partial charge in [-0.15, -0.1) is 22.7 Å². The molecule has 0 atom stereocenters. The fraction of sp³-hybridized carbons (Fsp3) is 0.300. The monoisotopic (exact) mass is 462 g/mol. The zero-order valence-electron chi connectivity index (χ0n) is 16.2. The van der Waals surface area contributed by atoms with Gasteiger partial charge in [0.1, 0.15) is 0 Å². The van der Waals surface area contributed by atoms with Gasteiger partial charge in [0.2, 0.25) is 10.0 Å². The molecule has 1 aliphatic rings. The minimum Gasteiger partial charge on any atom is -0.345 e. The van der Waals surface area contributed by atoms with Crippen LogP contribution in [0.5, 0.6) is 0 Å². The first-order chi connectivity index (χ1) is 14.5. The van der Waals surface area contributed by atoms with E-state index in [1.165, 1.54) is 12.1 Å². The number of benzene rings is 1. The molecule has 0 bridgehead atoms. The lowest BCUT2D eigenvalue weighted by molar-refractivity contribution is 0.0746. The normalized spacial score (nSPS) is 14.8. The Balaban J connectivity index is 1.33. The van der Waals surface area contributed by atoms with Gasteiger partial charge in [0.05, 0.1) is 4.90 Å². The molecule has 0 unspecified atom stereocenters. The lowest BCUT2D eigenvalue weighted by Gasteiger charge is -2.34. The molecule has 0 aliphatic carbocycles.